The number of rotatable bonds is 7. The van der Waals surface area contributed by atoms with Gasteiger partial charge in [-0.3, -0.25) is 9.58 Å². The van der Waals surface area contributed by atoms with Gasteiger partial charge in [0.15, 0.2) is 0 Å². The Kier molecular flexibility index (Phi) is 7.54. The van der Waals surface area contributed by atoms with E-state index in [0.29, 0.717) is 5.92 Å². The number of carboxylic acids is 1. The van der Waals surface area contributed by atoms with E-state index in [0.717, 1.165) is 45.3 Å². The maximum Gasteiger partial charge on any atom is 0.490 e. The first-order valence-electron chi connectivity index (χ1n) is 9.95. The number of carboxylic acid groups (broad SMARTS) is 1. The molecule has 1 atom stereocenters. The van der Waals surface area contributed by atoms with E-state index in [1.807, 2.05) is 11.3 Å². The first-order valence-corrected chi connectivity index (χ1v) is 10.8. The molecule has 1 unspecified atom stereocenters. The molecule has 0 amide bonds. The predicted molar refractivity (Wildman–Crippen MR) is 106 cm³/mol. The van der Waals surface area contributed by atoms with Crippen LogP contribution in [0.5, 0.6) is 0 Å². The van der Waals surface area contributed by atoms with Gasteiger partial charge in [-0.15, -0.1) is 11.3 Å². The molecule has 2 aliphatic rings. The Balaban J connectivity index is 0.000000318. The largest absolute Gasteiger partial charge is 0.490 e. The van der Waals surface area contributed by atoms with Crippen LogP contribution in [0.3, 0.4) is 0 Å². The molecule has 30 heavy (non-hydrogen) atoms. The van der Waals surface area contributed by atoms with Crippen LogP contribution in [-0.2, 0) is 29.2 Å². The van der Waals surface area contributed by atoms with Gasteiger partial charge in [-0.2, -0.15) is 18.3 Å². The van der Waals surface area contributed by atoms with Gasteiger partial charge in [0.25, 0.3) is 0 Å². The Bertz CT molecular complexity index is 819. The Morgan fingerprint density at radius 1 is 1.40 bits per heavy atom. The van der Waals surface area contributed by atoms with Crippen molar-refractivity contribution in [3.63, 3.8) is 0 Å². The third kappa shape index (κ3) is 6.55. The standard InChI is InChI=1S/C18H25N3OS.C2HF3O2/c1-2-22-13-15-9-20(10-16-4-3-7-23-16)12-18-17(15)11-21(19-18)8-14-5-6-14;3-2(4,5)1(6)7/h3-4,7,11,14-15H,2,5-6,8-10,12-13H2,1H3;(H,6,7). The lowest BCUT2D eigenvalue weighted by Crippen LogP contribution is -2.34. The Hall–Kier alpha value is -1.91. The van der Waals surface area contributed by atoms with E-state index in [1.54, 1.807) is 0 Å². The highest BCUT2D eigenvalue weighted by Crippen LogP contribution is 2.33. The van der Waals surface area contributed by atoms with Crippen LogP contribution in [0.15, 0.2) is 23.7 Å². The minimum absolute atomic E-state index is 0.451. The number of hydrogen-bond acceptors (Lipinski definition) is 5. The average Bonchev–Trinajstić information content (AvgIpc) is 3.16. The predicted octanol–water partition coefficient (Wildman–Crippen LogP) is 4.12. The van der Waals surface area contributed by atoms with Crippen molar-refractivity contribution in [1.29, 1.82) is 0 Å². The number of hydrogen-bond donors (Lipinski definition) is 1. The molecule has 1 aliphatic heterocycles. The van der Waals surface area contributed by atoms with E-state index >= 15 is 0 Å². The number of fused-ring (bicyclic) bond motifs is 1. The Morgan fingerprint density at radius 3 is 2.70 bits per heavy atom. The van der Waals surface area contributed by atoms with Crippen LogP contribution in [0, 0.1) is 5.92 Å². The van der Waals surface area contributed by atoms with Crippen molar-refractivity contribution < 1.29 is 27.8 Å². The summed E-state index contributed by atoms with van der Waals surface area (Å²) >= 11 is 1.84. The van der Waals surface area contributed by atoms with Gasteiger partial charge in [-0.05, 0) is 37.1 Å². The molecule has 0 bridgehead atoms. The highest BCUT2D eigenvalue weighted by atomic mass is 32.1. The van der Waals surface area contributed by atoms with Gasteiger partial charge in [0.05, 0.1) is 12.3 Å². The molecule has 4 rings (SSSR count). The number of halogens is 3. The molecule has 1 aliphatic carbocycles. The summed E-state index contributed by atoms with van der Waals surface area (Å²) in [4.78, 5) is 12.8. The maximum atomic E-state index is 10.6. The summed E-state index contributed by atoms with van der Waals surface area (Å²) in [6.45, 7) is 7.82. The zero-order chi connectivity index (χ0) is 21.7. The van der Waals surface area contributed by atoms with Crippen LogP contribution in [0.2, 0.25) is 0 Å². The lowest BCUT2D eigenvalue weighted by molar-refractivity contribution is -0.192. The first kappa shape index (κ1) is 22.8. The summed E-state index contributed by atoms with van der Waals surface area (Å²) < 4.78 is 39.7. The summed E-state index contributed by atoms with van der Waals surface area (Å²) in [5.74, 6) is -1.44. The van der Waals surface area contributed by atoms with Crippen LogP contribution < -0.4 is 0 Å². The average molecular weight is 446 g/mol. The molecule has 1 saturated carbocycles. The van der Waals surface area contributed by atoms with Crippen LogP contribution in [0.25, 0.3) is 0 Å². The summed E-state index contributed by atoms with van der Waals surface area (Å²) in [6, 6.07) is 4.36. The third-order valence-corrected chi connectivity index (χ3v) is 5.89. The fraction of sp³-hybridized carbons (Fsp3) is 0.600. The Morgan fingerprint density at radius 2 is 2.13 bits per heavy atom. The molecule has 1 fully saturated rings. The van der Waals surface area contributed by atoms with E-state index in [-0.39, 0.29) is 0 Å². The van der Waals surface area contributed by atoms with E-state index in [4.69, 9.17) is 19.7 Å². The molecule has 2 aromatic rings. The molecular formula is C20H26F3N3O3S. The topological polar surface area (TPSA) is 67.6 Å². The summed E-state index contributed by atoms with van der Waals surface area (Å²) in [7, 11) is 0. The van der Waals surface area contributed by atoms with E-state index in [9.17, 15) is 13.2 Å². The van der Waals surface area contributed by atoms with Crippen LogP contribution in [-0.4, -0.2) is 51.7 Å². The molecule has 0 saturated heterocycles. The number of alkyl halides is 3. The van der Waals surface area contributed by atoms with Crippen molar-refractivity contribution in [2.45, 2.75) is 51.5 Å². The molecule has 3 heterocycles. The SMILES string of the molecule is CCOCC1CN(Cc2cccs2)Cc2nn(CC3CC3)cc21.O=C(O)C(F)(F)F. The van der Waals surface area contributed by atoms with Gasteiger partial charge >= 0.3 is 12.1 Å². The fourth-order valence-corrected chi connectivity index (χ4v) is 4.18. The van der Waals surface area contributed by atoms with Crippen molar-refractivity contribution in [2.24, 2.45) is 5.92 Å². The van der Waals surface area contributed by atoms with Gasteiger partial charge in [0.2, 0.25) is 0 Å². The van der Waals surface area contributed by atoms with E-state index < -0.39 is 12.1 Å². The second-order valence-corrected chi connectivity index (χ2v) is 8.64. The van der Waals surface area contributed by atoms with E-state index in [1.165, 1.54) is 29.0 Å². The minimum Gasteiger partial charge on any atom is -0.475 e. The normalized spacial score (nSPS) is 19.1. The van der Waals surface area contributed by atoms with Gasteiger partial charge in [-0.1, -0.05) is 6.07 Å². The van der Waals surface area contributed by atoms with Gasteiger partial charge in [0.1, 0.15) is 0 Å². The number of nitrogens with zero attached hydrogens (tertiary/aromatic N) is 3. The van der Waals surface area contributed by atoms with Crippen molar-refractivity contribution in [3.8, 4) is 0 Å². The number of aliphatic carboxylic acids is 1. The summed E-state index contributed by atoms with van der Waals surface area (Å²) in [6.07, 6.45) is -0.0470. The van der Waals surface area contributed by atoms with Crippen LogP contribution >= 0.6 is 11.3 Å². The monoisotopic (exact) mass is 445 g/mol. The zero-order valence-electron chi connectivity index (χ0n) is 16.8. The van der Waals surface area contributed by atoms with Crippen molar-refractivity contribution in [3.05, 3.63) is 39.8 Å². The molecule has 0 radical (unpaired) electrons. The highest BCUT2D eigenvalue weighted by Gasteiger charge is 2.38. The second kappa shape index (κ2) is 9.93. The van der Waals surface area contributed by atoms with Crippen molar-refractivity contribution >= 4 is 17.3 Å². The summed E-state index contributed by atoms with van der Waals surface area (Å²) in [5, 5.41) is 14.2. The number of ether oxygens (including phenoxy) is 1. The number of carbonyl (C=O) groups is 1. The molecule has 0 aromatic carbocycles. The van der Waals surface area contributed by atoms with Gasteiger partial charge < -0.3 is 9.84 Å². The van der Waals surface area contributed by atoms with E-state index in [2.05, 4.69) is 40.2 Å². The quantitative estimate of drug-likeness (QED) is 0.694. The third-order valence-electron chi connectivity index (χ3n) is 5.03. The van der Waals surface area contributed by atoms with Gasteiger partial charge in [0, 0.05) is 55.3 Å². The molecule has 0 spiro atoms. The first-order chi connectivity index (χ1) is 14.3. The molecule has 1 N–H and O–H groups in total. The van der Waals surface area contributed by atoms with Crippen molar-refractivity contribution in [1.82, 2.24) is 14.7 Å². The Labute approximate surface area is 177 Å². The molecular weight excluding hydrogens is 419 g/mol. The molecule has 6 nitrogen and oxygen atoms in total. The van der Waals surface area contributed by atoms with Crippen LogP contribution in [0.1, 0.15) is 41.8 Å². The minimum atomic E-state index is -5.08. The molecule has 166 valence electrons. The van der Waals surface area contributed by atoms with Gasteiger partial charge in [-0.25, -0.2) is 4.79 Å². The lowest BCUT2D eigenvalue weighted by Gasteiger charge is -2.31. The number of aromatic nitrogens is 2. The zero-order valence-corrected chi connectivity index (χ0v) is 17.6. The molecule has 10 heteroatoms. The van der Waals surface area contributed by atoms with Crippen molar-refractivity contribution in [2.75, 3.05) is 19.8 Å². The smallest absolute Gasteiger partial charge is 0.475 e. The van der Waals surface area contributed by atoms with Crippen LogP contribution in [0.4, 0.5) is 13.2 Å². The second-order valence-electron chi connectivity index (χ2n) is 7.60. The number of thiophene rings is 1. The summed E-state index contributed by atoms with van der Waals surface area (Å²) in [5.41, 5.74) is 2.68. The fourth-order valence-electron chi connectivity index (χ4n) is 3.43. The molecule has 2 aromatic heterocycles. The highest BCUT2D eigenvalue weighted by molar-refractivity contribution is 7.09. The lowest BCUT2D eigenvalue weighted by atomic mass is 9.95. The maximum absolute atomic E-state index is 10.6.